The number of unbranched alkanes of at least 4 members (excludes halogenated alkanes) is 2. The van der Waals surface area contributed by atoms with Crippen LogP contribution in [0.2, 0.25) is 0 Å². The molecule has 2 rings (SSSR count). The predicted octanol–water partition coefficient (Wildman–Crippen LogP) is 6.11. The third-order valence-electron chi connectivity index (χ3n) is 4.57. The van der Waals surface area contributed by atoms with Gasteiger partial charge in [-0.1, -0.05) is 24.6 Å². The van der Waals surface area contributed by atoms with Crippen LogP contribution in [0.5, 0.6) is 5.75 Å². The standard InChI is InChI=1S/C22H28F4NO4PS/c23-19-9-6-17(7-10-19)5-2-1-3-14-33-21-11-8-18(15-20(21)31-22(24,25)26)16-27-12-4-13-30-32(28)29/h6-11,15,27,32H,1-5,12-14,16H2,(H,28,29). The molecule has 0 saturated carbocycles. The molecule has 0 fully saturated rings. The van der Waals surface area contributed by atoms with E-state index in [1.165, 1.54) is 30.0 Å². The van der Waals surface area contributed by atoms with Crippen LogP contribution in [0.4, 0.5) is 17.6 Å². The summed E-state index contributed by atoms with van der Waals surface area (Å²) >= 11 is 1.32. The first kappa shape index (κ1) is 27.7. The van der Waals surface area contributed by atoms with Gasteiger partial charge in [0, 0.05) is 11.4 Å². The number of halogens is 4. The lowest BCUT2D eigenvalue weighted by molar-refractivity contribution is -0.275. The van der Waals surface area contributed by atoms with Crippen molar-refractivity contribution in [3.63, 3.8) is 0 Å². The smallest absolute Gasteiger partial charge is 0.405 e. The van der Waals surface area contributed by atoms with Gasteiger partial charge in [-0.05, 0) is 73.4 Å². The van der Waals surface area contributed by atoms with Crippen LogP contribution >= 0.6 is 20.0 Å². The van der Waals surface area contributed by atoms with Crippen LogP contribution in [0.3, 0.4) is 0 Å². The molecule has 0 heterocycles. The summed E-state index contributed by atoms with van der Waals surface area (Å²) < 4.78 is 70.8. The summed E-state index contributed by atoms with van der Waals surface area (Å²) in [5.74, 6) is 0.171. The molecule has 184 valence electrons. The molecule has 0 bridgehead atoms. The second kappa shape index (κ2) is 14.6. The Morgan fingerprint density at radius 1 is 1.00 bits per heavy atom. The number of benzene rings is 2. The van der Waals surface area contributed by atoms with Gasteiger partial charge in [0.2, 0.25) is 0 Å². The Hall–Kier alpha value is -1.58. The highest BCUT2D eigenvalue weighted by Crippen LogP contribution is 2.35. The van der Waals surface area contributed by atoms with E-state index in [9.17, 15) is 22.1 Å². The molecule has 11 heteroatoms. The molecule has 2 aromatic rings. The van der Waals surface area contributed by atoms with E-state index < -0.39 is 14.6 Å². The average molecular weight is 510 g/mol. The van der Waals surface area contributed by atoms with Crippen LogP contribution in [0, 0.1) is 5.82 Å². The van der Waals surface area contributed by atoms with E-state index in [0.29, 0.717) is 35.7 Å². The van der Waals surface area contributed by atoms with Crippen LogP contribution in [0.1, 0.15) is 36.8 Å². The first-order valence-electron chi connectivity index (χ1n) is 10.6. The minimum atomic E-state index is -4.78. The SMILES string of the molecule is O=[PH](O)OCCCNCc1ccc(SCCCCCc2ccc(F)cc2)c(OC(F)(F)F)c1. The van der Waals surface area contributed by atoms with E-state index in [4.69, 9.17) is 4.89 Å². The van der Waals surface area contributed by atoms with Crippen molar-refractivity contribution in [3.05, 3.63) is 59.4 Å². The maximum absolute atomic E-state index is 12.9. The number of aryl methyl sites for hydroxylation is 1. The minimum Gasteiger partial charge on any atom is -0.405 e. The highest BCUT2D eigenvalue weighted by molar-refractivity contribution is 7.99. The number of nitrogens with one attached hydrogen (secondary N) is 1. The van der Waals surface area contributed by atoms with Gasteiger partial charge >= 0.3 is 14.6 Å². The molecule has 5 nitrogen and oxygen atoms in total. The number of hydrogen-bond donors (Lipinski definition) is 2. The Morgan fingerprint density at radius 2 is 1.73 bits per heavy atom. The Labute approximate surface area is 195 Å². The fourth-order valence-electron chi connectivity index (χ4n) is 3.02. The number of rotatable bonds is 15. The van der Waals surface area contributed by atoms with E-state index in [1.807, 2.05) is 0 Å². The van der Waals surface area contributed by atoms with Crippen molar-refractivity contribution in [2.24, 2.45) is 0 Å². The van der Waals surface area contributed by atoms with Crippen molar-refractivity contribution in [3.8, 4) is 5.75 Å². The zero-order chi connectivity index (χ0) is 24.1. The van der Waals surface area contributed by atoms with E-state index in [1.54, 1.807) is 24.3 Å². The second-order valence-electron chi connectivity index (χ2n) is 7.26. The summed E-state index contributed by atoms with van der Waals surface area (Å²) in [6.45, 7) is 0.944. The highest BCUT2D eigenvalue weighted by atomic mass is 32.2. The summed E-state index contributed by atoms with van der Waals surface area (Å²) in [6.07, 6.45) is -0.781. The topological polar surface area (TPSA) is 67.8 Å². The monoisotopic (exact) mass is 509 g/mol. The molecule has 0 aliphatic heterocycles. The molecule has 1 unspecified atom stereocenters. The Balaban J connectivity index is 1.78. The summed E-state index contributed by atoms with van der Waals surface area (Å²) in [5, 5.41) is 3.05. The van der Waals surface area contributed by atoms with Gasteiger partial charge in [0.1, 0.15) is 11.6 Å². The van der Waals surface area contributed by atoms with Crippen molar-refractivity contribution in [1.29, 1.82) is 0 Å². The Kier molecular flexibility index (Phi) is 12.3. The van der Waals surface area contributed by atoms with Gasteiger partial charge in [-0.2, -0.15) is 0 Å². The number of alkyl halides is 3. The fraction of sp³-hybridized carbons (Fsp3) is 0.455. The normalized spacial score (nSPS) is 12.6. The van der Waals surface area contributed by atoms with Crippen molar-refractivity contribution >= 4 is 20.0 Å². The quantitative estimate of drug-likeness (QED) is 0.131. The molecule has 33 heavy (non-hydrogen) atoms. The Bertz CT molecular complexity index is 868. The van der Waals surface area contributed by atoms with E-state index in [0.717, 1.165) is 31.2 Å². The van der Waals surface area contributed by atoms with Crippen LogP contribution in [-0.4, -0.2) is 30.2 Å². The molecule has 0 radical (unpaired) electrons. The van der Waals surface area contributed by atoms with Crippen LogP contribution < -0.4 is 10.1 Å². The van der Waals surface area contributed by atoms with Gasteiger partial charge in [0.15, 0.2) is 0 Å². The van der Waals surface area contributed by atoms with Gasteiger partial charge in [-0.3, -0.25) is 4.57 Å². The highest BCUT2D eigenvalue weighted by Gasteiger charge is 2.32. The van der Waals surface area contributed by atoms with E-state index in [-0.39, 0.29) is 18.2 Å². The van der Waals surface area contributed by atoms with Crippen molar-refractivity contribution in [2.75, 3.05) is 18.9 Å². The first-order valence-corrected chi connectivity index (χ1v) is 12.8. The molecular formula is C22H28F4NO4PS. The van der Waals surface area contributed by atoms with Crippen LogP contribution in [0.25, 0.3) is 0 Å². The largest absolute Gasteiger partial charge is 0.573 e. The molecule has 0 aromatic heterocycles. The van der Waals surface area contributed by atoms with E-state index in [2.05, 4.69) is 14.6 Å². The lowest BCUT2D eigenvalue weighted by Gasteiger charge is -2.15. The third kappa shape index (κ3) is 12.5. The third-order valence-corrected chi connectivity index (χ3v) is 6.16. The van der Waals surface area contributed by atoms with Gasteiger partial charge in [0.05, 0.1) is 6.61 Å². The molecule has 2 aromatic carbocycles. The lowest BCUT2D eigenvalue weighted by Crippen LogP contribution is -2.19. The predicted molar refractivity (Wildman–Crippen MR) is 121 cm³/mol. The number of thioether (sulfide) groups is 1. The molecular weight excluding hydrogens is 481 g/mol. The maximum atomic E-state index is 12.9. The maximum Gasteiger partial charge on any atom is 0.573 e. The van der Waals surface area contributed by atoms with Crippen LogP contribution in [0.15, 0.2) is 47.4 Å². The average Bonchev–Trinajstić information content (AvgIpc) is 2.74. The Morgan fingerprint density at radius 3 is 2.42 bits per heavy atom. The number of ether oxygens (including phenoxy) is 1. The van der Waals surface area contributed by atoms with E-state index >= 15 is 0 Å². The molecule has 0 aliphatic rings. The zero-order valence-electron chi connectivity index (χ0n) is 18.0. The molecule has 0 saturated heterocycles. The first-order chi connectivity index (χ1) is 15.7. The zero-order valence-corrected chi connectivity index (χ0v) is 19.8. The van der Waals surface area contributed by atoms with Crippen molar-refractivity contribution in [1.82, 2.24) is 5.32 Å². The van der Waals surface area contributed by atoms with Crippen molar-refractivity contribution in [2.45, 2.75) is 49.9 Å². The second-order valence-corrected chi connectivity index (χ2v) is 9.22. The van der Waals surface area contributed by atoms with Crippen molar-refractivity contribution < 1.29 is 36.3 Å². The molecule has 0 spiro atoms. The number of hydrogen-bond acceptors (Lipinski definition) is 5. The summed E-state index contributed by atoms with van der Waals surface area (Å²) in [6, 6.07) is 11.1. The van der Waals surface area contributed by atoms with Gasteiger partial charge in [-0.15, -0.1) is 24.9 Å². The van der Waals surface area contributed by atoms with Gasteiger partial charge < -0.3 is 19.5 Å². The lowest BCUT2D eigenvalue weighted by atomic mass is 10.1. The molecule has 0 aliphatic carbocycles. The molecule has 1 atom stereocenters. The molecule has 0 amide bonds. The summed E-state index contributed by atoms with van der Waals surface area (Å²) in [4.78, 5) is 9.01. The van der Waals surface area contributed by atoms with Gasteiger partial charge in [-0.25, -0.2) is 4.39 Å². The minimum absolute atomic E-state index is 0.128. The molecule has 2 N–H and O–H groups in total. The summed E-state index contributed by atoms with van der Waals surface area (Å²) in [7, 11) is -2.94. The van der Waals surface area contributed by atoms with Crippen LogP contribution in [-0.2, 0) is 22.1 Å². The summed E-state index contributed by atoms with van der Waals surface area (Å²) in [5.41, 5.74) is 1.69. The van der Waals surface area contributed by atoms with Gasteiger partial charge in [0.25, 0.3) is 0 Å². The fourth-order valence-corrected chi connectivity index (χ4v) is 4.31.